The van der Waals surface area contributed by atoms with Crippen LogP contribution in [0.3, 0.4) is 0 Å². The molecule has 0 aliphatic rings. The van der Waals surface area contributed by atoms with Crippen molar-refractivity contribution in [1.29, 1.82) is 0 Å². The molecule has 1 N–H and O–H groups in total. The molecule has 4 heteroatoms. The smallest absolute Gasteiger partial charge is 0.328 e. The lowest BCUT2D eigenvalue weighted by Gasteiger charge is -2.18. The first-order valence-electron chi connectivity index (χ1n) is 6.39. The number of benzene rings is 1. The predicted octanol–water partition coefficient (Wildman–Crippen LogP) is 2.31. The number of hydrogen-bond acceptors (Lipinski definition) is 3. The van der Waals surface area contributed by atoms with E-state index in [-0.39, 0.29) is 5.91 Å². The van der Waals surface area contributed by atoms with Gasteiger partial charge in [-0.05, 0) is 31.4 Å². The molecule has 1 rings (SSSR count). The molecule has 0 saturated carbocycles. The topological polar surface area (TPSA) is 55.4 Å². The Hall–Kier alpha value is -1.84. The Morgan fingerprint density at radius 2 is 1.79 bits per heavy atom. The van der Waals surface area contributed by atoms with Crippen LogP contribution >= 0.6 is 0 Å². The average molecular weight is 263 g/mol. The Kier molecular flexibility index (Phi) is 5.55. The Morgan fingerprint density at radius 1 is 1.21 bits per heavy atom. The average Bonchev–Trinajstić information content (AvgIpc) is 2.37. The Morgan fingerprint density at radius 3 is 2.26 bits per heavy atom. The van der Waals surface area contributed by atoms with Gasteiger partial charge in [0.2, 0.25) is 0 Å². The fourth-order valence-electron chi connectivity index (χ4n) is 1.77. The Labute approximate surface area is 114 Å². The molecule has 4 nitrogen and oxygen atoms in total. The van der Waals surface area contributed by atoms with Crippen molar-refractivity contribution in [1.82, 2.24) is 5.32 Å². The normalized spacial score (nSPS) is 12.1. The molecule has 0 aliphatic heterocycles. The quantitative estimate of drug-likeness (QED) is 0.829. The van der Waals surface area contributed by atoms with Crippen LogP contribution in [0.15, 0.2) is 24.3 Å². The second-order valence-electron chi connectivity index (χ2n) is 5.04. The van der Waals surface area contributed by atoms with E-state index >= 15 is 0 Å². The van der Waals surface area contributed by atoms with Gasteiger partial charge in [-0.1, -0.05) is 31.5 Å². The van der Waals surface area contributed by atoms with Gasteiger partial charge in [-0.25, -0.2) is 4.79 Å². The van der Waals surface area contributed by atoms with E-state index in [9.17, 15) is 9.59 Å². The highest BCUT2D eigenvalue weighted by Gasteiger charge is 2.22. The zero-order chi connectivity index (χ0) is 14.4. The van der Waals surface area contributed by atoms with Gasteiger partial charge in [0.15, 0.2) is 0 Å². The second-order valence-corrected chi connectivity index (χ2v) is 5.04. The van der Waals surface area contributed by atoms with Crippen molar-refractivity contribution in [3.63, 3.8) is 0 Å². The van der Waals surface area contributed by atoms with E-state index in [1.807, 2.05) is 32.9 Å². The van der Waals surface area contributed by atoms with E-state index in [4.69, 9.17) is 4.74 Å². The van der Waals surface area contributed by atoms with Crippen LogP contribution in [-0.2, 0) is 9.53 Å². The summed E-state index contributed by atoms with van der Waals surface area (Å²) in [5.74, 6) is -0.368. The highest BCUT2D eigenvalue weighted by molar-refractivity contribution is 5.96. The minimum atomic E-state index is -0.598. The summed E-state index contributed by atoms with van der Waals surface area (Å²) < 4.78 is 4.72. The van der Waals surface area contributed by atoms with Crippen molar-refractivity contribution in [2.45, 2.75) is 33.2 Å². The van der Waals surface area contributed by atoms with Gasteiger partial charge in [0.05, 0.1) is 7.11 Å². The number of nitrogens with one attached hydrogen (secondary N) is 1. The first-order chi connectivity index (χ1) is 8.93. The van der Waals surface area contributed by atoms with Gasteiger partial charge in [0.25, 0.3) is 5.91 Å². The van der Waals surface area contributed by atoms with E-state index < -0.39 is 12.0 Å². The van der Waals surface area contributed by atoms with E-state index in [0.717, 1.165) is 5.56 Å². The van der Waals surface area contributed by atoms with Crippen LogP contribution in [0.5, 0.6) is 0 Å². The molecule has 1 aromatic carbocycles. The molecule has 19 heavy (non-hydrogen) atoms. The summed E-state index contributed by atoms with van der Waals surface area (Å²) in [7, 11) is 1.33. The zero-order valence-electron chi connectivity index (χ0n) is 11.9. The fourth-order valence-corrected chi connectivity index (χ4v) is 1.77. The summed E-state index contributed by atoms with van der Waals surface area (Å²) in [6.07, 6.45) is 0.560. The minimum Gasteiger partial charge on any atom is -0.467 e. The first kappa shape index (κ1) is 15.2. The van der Waals surface area contributed by atoms with Gasteiger partial charge in [-0.2, -0.15) is 0 Å². The van der Waals surface area contributed by atoms with Crippen LogP contribution in [0.1, 0.15) is 36.2 Å². The molecule has 0 unspecified atom stereocenters. The Balaban J connectivity index is 2.75. The molecular formula is C15H21NO3. The lowest BCUT2D eigenvalue weighted by molar-refractivity contribution is -0.143. The van der Waals surface area contributed by atoms with Crippen molar-refractivity contribution >= 4 is 11.9 Å². The molecule has 0 spiro atoms. The number of hydrogen-bond donors (Lipinski definition) is 1. The summed E-state index contributed by atoms with van der Waals surface area (Å²) in [6, 6.07) is 6.62. The maximum absolute atomic E-state index is 12.0. The summed E-state index contributed by atoms with van der Waals surface area (Å²) in [5.41, 5.74) is 1.63. The number of carbonyl (C=O) groups is 2. The van der Waals surface area contributed by atoms with Gasteiger partial charge < -0.3 is 10.1 Å². The van der Waals surface area contributed by atoms with E-state index in [1.165, 1.54) is 7.11 Å². The van der Waals surface area contributed by atoms with Crippen LogP contribution in [0.4, 0.5) is 0 Å². The van der Waals surface area contributed by atoms with Crippen molar-refractivity contribution in [2.75, 3.05) is 7.11 Å². The van der Waals surface area contributed by atoms with Gasteiger partial charge >= 0.3 is 5.97 Å². The summed E-state index contributed by atoms with van der Waals surface area (Å²) in [5, 5.41) is 2.72. The number of carbonyl (C=O) groups excluding carboxylic acids is 2. The van der Waals surface area contributed by atoms with Crippen molar-refractivity contribution in [3.8, 4) is 0 Å². The van der Waals surface area contributed by atoms with E-state index in [2.05, 4.69) is 5.32 Å². The lowest BCUT2D eigenvalue weighted by atomic mass is 10.0. The summed E-state index contributed by atoms with van der Waals surface area (Å²) in [6.45, 7) is 5.94. The third-order valence-electron chi connectivity index (χ3n) is 2.81. The van der Waals surface area contributed by atoms with Gasteiger partial charge in [0.1, 0.15) is 6.04 Å². The molecule has 0 fully saturated rings. The lowest BCUT2D eigenvalue weighted by Crippen LogP contribution is -2.42. The Bertz CT molecular complexity index is 437. The number of esters is 1. The third kappa shape index (κ3) is 4.73. The highest BCUT2D eigenvalue weighted by Crippen LogP contribution is 2.08. The largest absolute Gasteiger partial charge is 0.467 e. The van der Waals surface area contributed by atoms with Crippen LogP contribution < -0.4 is 5.32 Å². The first-order valence-corrected chi connectivity index (χ1v) is 6.39. The third-order valence-corrected chi connectivity index (χ3v) is 2.81. The number of rotatable bonds is 5. The molecule has 1 atom stereocenters. The van der Waals surface area contributed by atoms with Crippen molar-refractivity contribution in [3.05, 3.63) is 35.4 Å². The number of aryl methyl sites for hydroxylation is 1. The maximum atomic E-state index is 12.0. The molecule has 104 valence electrons. The highest BCUT2D eigenvalue weighted by atomic mass is 16.5. The predicted molar refractivity (Wildman–Crippen MR) is 73.9 cm³/mol. The number of methoxy groups -OCH3 is 1. The molecule has 0 aromatic heterocycles. The van der Waals surface area contributed by atoms with Crippen LogP contribution in [0, 0.1) is 12.8 Å². The molecular weight excluding hydrogens is 242 g/mol. The van der Waals surface area contributed by atoms with Gasteiger partial charge in [-0.3, -0.25) is 4.79 Å². The van der Waals surface area contributed by atoms with Crippen molar-refractivity contribution < 1.29 is 14.3 Å². The van der Waals surface area contributed by atoms with E-state index in [1.54, 1.807) is 12.1 Å². The molecule has 1 amide bonds. The second kappa shape index (κ2) is 6.92. The van der Waals surface area contributed by atoms with Crippen LogP contribution in [0.25, 0.3) is 0 Å². The SMILES string of the molecule is COC(=O)[C@@H](CC(C)C)NC(=O)c1ccc(C)cc1. The molecule has 0 radical (unpaired) electrons. The monoisotopic (exact) mass is 263 g/mol. The molecule has 0 saturated heterocycles. The van der Waals surface area contributed by atoms with Gasteiger partial charge in [-0.15, -0.1) is 0 Å². The molecule has 0 bridgehead atoms. The number of ether oxygens (including phenoxy) is 1. The minimum absolute atomic E-state index is 0.254. The van der Waals surface area contributed by atoms with Gasteiger partial charge in [0, 0.05) is 5.56 Å². The standard InChI is InChI=1S/C15H21NO3/c1-10(2)9-13(15(18)19-4)16-14(17)12-7-5-11(3)6-8-12/h5-8,10,13H,9H2,1-4H3,(H,16,17)/t13-/m1/s1. The maximum Gasteiger partial charge on any atom is 0.328 e. The van der Waals surface area contributed by atoms with E-state index in [0.29, 0.717) is 17.9 Å². The molecule has 1 aromatic rings. The molecule has 0 heterocycles. The number of amides is 1. The fraction of sp³-hybridized carbons (Fsp3) is 0.467. The van der Waals surface area contributed by atoms with Crippen LogP contribution in [0.2, 0.25) is 0 Å². The summed E-state index contributed by atoms with van der Waals surface area (Å²) >= 11 is 0. The zero-order valence-corrected chi connectivity index (χ0v) is 11.9. The molecule has 0 aliphatic carbocycles. The summed E-state index contributed by atoms with van der Waals surface area (Å²) in [4.78, 5) is 23.7. The van der Waals surface area contributed by atoms with Crippen LogP contribution in [-0.4, -0.2) is 25.0 Å². The van der Waals surface area contributed by atoms with Crippen molar-refractivity contribution in [2.24, 2.45) is 5.92 Å².